The summed E-state index contributed by atoms with van der Waals surface area (Å²) in [6.07, 6.45) is 5.19. The lowest BCUT2D eigenvalue weighted by Gasteiger charge is -2.29. The molecular weight excluding hydrogens is 268 g/mol. The number of hydrogen-bond acceptors (Lipinski definition) is 4. The van der Waals surface area contributed by atoms with Crippen LogP contribution in [0.3, 0.4) is 0 Å². The first-order valence-corrected chi connectivity index (χ1v) is 6.83. The van der Waals surface area contributed by atoms with Crippen molar-refractivity contribution in [1.29, 1.82) is 0 Å². The molecule has 21 heavy (non-hydrogen) atoms. The highest BCUT2D eigenvalue weighted by Crippen LogP contribution is 2.29. The Morgan fingerprint density at radius 3 is 2.57 bits per heavy atom. The van der Waals surface area contributed by atoms with Crippen LogP contribution < -0.4 is 0 Å². The van der Waals surface area contributed by atoms with Crippen molar-refractivity contribution in [3.05, 3.63) is 59.7 Å². The molecule has 1 aromatic carbocycles. The number of benzene rings is 1. The second-order valence-electron chi connectivity index (χ2n) is 4.74. The summed E-state index contributed by atoms with van der Waals surface area (Å²) >= 11 is 0. The quantitative estimate of drug-likeness (QED) is 0.617. The van der Waals surface area contributed by atoms with E-state index < -0.39 is 11.6 Å². The van der Waals surface area contributed by atoms with E-state index >= 15 is 0 Å². The van der Waals surface area contributed by atoms with Crippen molar-refractivity contribution in [2.24, 2.45) is 0 Å². The fourth-order valence-electron chi connectivity index (χ4n) is 2.27. The first-order valence-electron chi connectivity index (χ1n) is 6.83. The van der Waals surface area contributed by atoms with E-state index in [2.05, 4.69) is 0 Å². The molecule has 4 nitrogen and oxygen atoms in total. The molecule has 4 heteroatoms. The minimum Gasteiger partial charge on any atom is -0.464 e. The fourth-order valence-corrected chi connectivity index (χ4v) is 2.27. The summed E-state index contributed by atoms with van der Waals surface area (Å²) < 4.78 is 10.4. The molecule has 0 spiro atoms. The summed E-state index contributed by atoms with van der Waals surface area (Å²) in [5.74, 6) is -0.583. The number of hydrogen-bond donors (Lipinski definition) is 0. The van der Waals surface area contributed by atoms with Gasteiger partial charge < -0.3 is 9.47 Å². The Morgan fingerprint density at radius 1 is 1.24 bits per heavy atom. The average Bonchev–Trinajstić information content (AvgIpc) is 2.55. The second kappa shape index (κ2) is 6.50. The maximum absolute atomic E-state index is 12.5. The minimum atomic E-state index is -1.22. The van der Waals surface area contributed by atoms with Crippen LogP contribution in [-0.4, -0.2) is 31.1 Å². The van der Waals surface area contributed by atoms with Gasteiger partial charge in [0.2, 0.25) is 0 Å². The molecule has 0 heterocycles. The fraction of sp³-hybridized carbons (Fsp3) is 0.294. The molecule has 110 valence electrons. The second-order valence-corrected chi connectivity index (χ2v) is 4.74. The van der Waals surface area contributed by atoms with Crippen molar-refractivity contribution < 1.29 is 19.1 Å². The van der Waals surface area contributed by atoms with Crippen LogP contribution in [-0.2, 0) is 14.3 Å². The number of ether oxygens (including phenoxy) is 2. The van der Waals surface area contributed by atoms with Crippen LogP contribution in [0.1, 0.15) is 23.7 Å². The highest BCUT2D eigenvalue weighted by atomic mass is 16.6. The predicted octanol–water partition coefficient (Wildman–Crippen LogP) is 2.70. The maximum Gasteiger partial charge on any atom is 0.342 e. The number of carbonyl (C=O) groups is 2. The molecule has 0 fully saturated rings. The first kappa shape index (κ1) is 15.2. The molecule has 1 atom stereocenters. The highest BCUT2D eigenvalue weighted by molar-refractivity contribution is 6.09. The van der Waals surface area contributed by atoms with Gasteiger partial charge in [0, 0.05) is 24.7 Å². The summed E-state index contributed by atoms with van der Waals surface area (Å²) in [5, 5.41) is 0. The zero-order chi connectivity index (χ0) is 15.3. The SMILES string of the molecule is CCOC(=O)C1(OC)C=CC=C(C(=O)c2ccccc2)C1. The Balaban J connectivity index is 2.24. The molecular formula is C17H18O4. The normalized spacial score (nSPS) is 20.8. The van der Waals surface area contributed by atoms with Gasteiger partial charge >= 0.3 is 5.97 Å². The zero-order valence-corrected chi connectivity index (χ0v) is 12.2. The molecule has 0 aromatic heterocycles. The number of esters is 1. The average molecular weight is 286 g/mol. The van der Waals surface area contributed by atoms with Gasteiger partial charge in [-0.3, -0.25) is 4.79 Å². The van der Waals surface area contributed by atoms with E-state index in [9.17, 15) is 9.59 Å². The molecule has 0 amide bonds. The van der Waals surface area contributed by atoms with E-state index in [1.807, 2.05) is 6.07 Å². The van der Waals surface area contributed by atoms with Crippen LogP contribution in [0.2, 0.25) is 0 Å². The molecule has 0 N–H and O–H groups in total. The lowest BCUT2D eigenvalue weighted by atomic mass is 9.86. The highest BCUT2D eigenvalue weighted by Gasteiger charge is 2.41. The summed E-state index contributed by atoms with van der Waals surface area (Å²) in [5.41, 5.74) is -0.101. The van der Waals surface area contributed by atoms with Crippen molar-refractivity contribution in [1.82, 2.24) is 0 Å². The van der Waals surface area contributed by atoms with E-state index in [4.69, 9.17) is 9.47 Å². The minimum absolute atomic E-state index is 0.106. The van der Waals surface area contributed by atoms with Crippen molar-refractivity contribution in [3.63, 3.8) is 0 Å². The third-order valence-electron chi connectivity index (χ3n) is 3.43. The van der Waals surface area contributed by atoms with Crippen LogP contribution in [0.4, 0.5) is 0 Å². The van der Waals surface area contributed by atoms with E-state index in [-0.39, 0.29) is 18.8 Å². The van der Waals surface area contributed by atoms with Gasteiger partial charge in [-0.1, -0.05) is 42.5 Å². The summed E-state index contributed by atoms with van der Waals surface area (Å²) in [6, 6.07) is 8.97. The van der Waals surface area contributed by atoms with E-state index in [0.717, 1.165) is 0 Å². The Hall–Kier alpha value is -2.20. The Bertz CT molecular complexity index is 586. The Morgan fingerprint density at radius 2 is 1.95 bits per heavy atom. The third kappa shape index (κ3) is 3.11. The number of carbonyl (C=O) groups excluding carboxylic acids is 2. The number of methoxy groups -OCH3 is 1. The first-order chi connectivity index (χ1) is 10.1. The Kier molecular flexibility index (Phi) is 4.70. The smallest absolute Gasteiger partial charge is 0.342 e. The van der Waals surface area contributed by atoms with Gasteiger partial charge in [-0.15, -0.1) is 0 Å². The topological polar surface area (TPSA) is 52.6 Å². The molecule has 0 radical (unpaired) electrons. The number of rotatable bonds is 5. The standard InChI is InChI=1S/C17H18O4/c1-3-21-16(19)17(20-2)11-7-10-14(12-17)15(18)13-8-5-4-6-9-13/h4-11H,3,12H2,1-2H3. The lowest BCUT2D eigenvalue weighted by Crippen LogP contribution is -2.42. The molecule has 1 unspecified atom stereocenters. The lowest BCUT2D eigenvalue weighted by molar-refractivity contribution is -0.162. The molecule has 2 rings (SSSR count). The van der Waals surface area contributed by atoms with Crippen molar-refractivity contribution >= 4 is 11.8 Å². The van der Waals surface area contributed by atoms with Gasteiger partial charge in [0.25, 0.3) is 0 Å². The molecule has 1 aliphatic rings. The molecule has 0 saturated carbocycles. The van der Waals surface area contributed by atoms with E-state index in [0.29, 0.717) is 11.1 Å². The van der Waals surface area contributed by atoms with Crippen LogP contribution in [0.25, 0.3) is 0 Å². The largest absolute Gasteiger partial charge is 0.464 e. The van der Waals surface area contributed by atoms with Gasteiger partial charge in [0.15, 0.2) is 11.4 Å². The number of allylic oxidation sites excluding steroid dienone is 2. The maximum atomic E-state index is 12.5. The molecule has 0 aliphatic heterocycles. The van der Waals surface area contributed by atoms with Gasteiger partial charge in [0.1, 0.15) is 0 Å². The molecule has 1 aliphatic carbocycles. The van der Waals surface area contributed by atoms with Gasteiger partial charge in [-0.25, -0.2) is 4.79 Å². The van der Waals surface area contributed by atoms with Crippen molar-refractivity contribution in [2.45, 2.75) is 18.9 Å². The molecule has 0 saturated heterocycles. The number of Topliss-reactive ketones (excluding diaryl/α,β-unsaturated/α-hetero) is 1. The van der Waals surface area contributed by atoms with Gasteiger partial charge in [-0.2, -0.15) is 0 Å². The molecule has 0 bridgehead atoms. The number of ketones is 1. The van der Waals surface area contributed by atoms with Crippen LogP contribution in [0.15, 0.2) is 54.1 Å². The predicted molar refractivity (Wildman–Crippen MR) is 79.0 cm³/mol. The van der Waals surface area contributed by atoms with Gasteiger partial charge in [-0.05, 0) is 13.0 Å². The van der Waals surface area contributed by atoms with E-state index in [1.54, 1.807) is 49.4 Å². The van der Waals surface area contributed by atoms with Crippen molar-refractivity contribution in [2.75, 3.05) is 13.7 Å². The zero-order valence-electron chi connectivity index (χ0n) is 12.2. The monoisotopic (exact) mass is 286 g/mol. The summed E-state index contributed by atoms with van der Waals surface area (Å²) in [6.45, 7) is 2.00. The Labute approximate surface area is 124 Å². The van der Waals surface area contributed by atoms with Crippen molar-refractivity contribution in [3.8, 4) is 0 Å². The third-order valence-corrected chi connectivity index (χ3v) is 3.43. The summed E-state index contributed by atoms with van der Waals surface area (Å²) in [7, 11) is 1.44. The van der Waals surface area contributed by atoms with Crippen LogP contribution in [0, 0.1) is 0 Å². The van der Waals surface area contributed by atoms with Crippen LogP contribution >= 0.6 is 0 Å². The molecule has 1 aromatic rings. The van der Waals surface area contributed by atoms with Gasteiger partial charge in [0.05, 0.1) is 6.61 Å². The van der Waals surface area contributed by atoms with E-state index in [1.165, 1.54) is 7.11 Å². The van der Waals surface area contributed by atoms with Crippen LogP contribution in [0.5, 0.6) is 0 Å². The summed E-state index contributed by atoms with van der Waals surface area (Å²) in [4.78, 5) is 24.6.